The number of nitrogens with one attached hydrogen (secondary N) is 2. The van der Waals surface area contributed by atoms with Gasteiger partial charge in [-0.05, 0) is 55.0 Å². The minimum absolute atomic E-state index is 0.0478. The van der Waals surface area contributed by atoms with Crippen LogP contribution in [0.15, 0.2) is 84.6 Å². The maximum Gasteiger partial charge on any atom is 0.338 e. The van der Waals surface area contributed by atoms with Crippen molar-refractivity contribution in [2.75, 3.05) is 19.0 Å². The Labute approximate surface area is 192 Å². The number of amides is 2. The lowest BCUT2D eigenvalue weighted by atomic mass is 10.1. The van der Waals surface area contributed by atoms with E-state index >= 15 is 0 Å². The smallest absolute Gasteiger partial charge is 0.338 e. The van der Waals surface area contributed by atoms with Gasteiger partial charge in [-0.2, -0.15) is 0 Å². The Balaban J connectivity index is 1.83. The Morgan fingerprint density at radius 3 is 2.21 bits per heavy atom. The van der Waals surface area contributed by atoms with Crippen LogP contribution in [0.1, 0.15) is 33.2 Å². The fourth-order valence-corrected chi connectivity index (χ4v) is 3.00. The van der Waals surface area contributed by atoms with Gasteiger partial charge in [-0.1, -0.05) is 42.5 Å². The van der Waals surface area contributed by atoms with E-state index in [0.29, 0.717) is 22.6 Å². The molecule has 0 radical (unpaired) electrons. The molecule has 3 aromatic carbocycles. The maximum atomic E-state index is 13.0. The summed E-state index contributed by atoms with van der Waals surface area (Å²) in [5.74, 6) is -1.05. The number of para-hydroxylation sites is 1. The van der Waals surface area contributed by atoms with Crippen LogP contribution in [0.4, 0.5) is 5.69 Å². The van der Waals surface area contributed by atoms with E-state index < -0.39 is 17.8 Å². The van der Waals surface area contributed by atoms with Crippen LogP contribution in [-0.2, 0) is 9.53 Å². The third-order valence-electron chi connectivity index (χ3n) is 4.61. The van der Waals surface area contributed by atoms with Crippen molar-refractivity contribution in [2.24, 2.45) is 0 Å². The quantitative estimate of drug-likeness (QED) is 0.400. The third kappa shape index (κ3) is 6.30. The van der Waals surface area contributed by atoms with Gasteiger partial charge in [-0.25, -0.2) is 4.79 Å². The Morgan fingerprint density at radius 1 is 0.879 bits per heavy atom. The third-order valence-corrected chi connectivity index (χ3v) is 4.61. The molecule has 7 heteroatoms. The summed E-state index contributed by atoms with van der Waals surface area (Å²) >= 11 is 0. The molecule has 2 N–H and O–H groups in total. The second kappa shape index (κ2) is 11.3. The minimum atomic E-state index is -0.522. The second-order valence-corrected chi connectivity index (χ2v) is 6.88. The Hall–Kier alpha value is -4.39. The zero-order chi connectivity index (χ0) is 23.6. The van der Waals surface area contributed by atoms with Crippen LogP contribution in [0.5, 0.6) is 5.75 Å². The summed E-state index contributed by atoms with van der Waals surface area (Å²) in [7, 11) is 1.47. The van der Waals surface area contributed by atoms with Gasteiger partial charge in [-0.15, -0.1) is 0 Å². The standard InChI is InChI=1S/C26H24N2O5/c1-3-33-26(31)19-13-15-20(16-14-19)27-25(30)22(17-18-9-5-4-6-10-18)28-24(29)21-11-7-8-12-23(21)32-2/h4-17H,3H2,1-2H3,(H,27,30)(H,28,29). The molecule has 0 aromatic heterocycles. The van der Waals surface area contributed by atoms with Crippen molar-refractivity contribution in [3.05, 3.63) is 101 Å². The fraction of sp³-hybridized carbons (Fsp3) is 0.115. The monoisotopic (exact) mass is 444 g/mol. The molecule has 0 spiro atoms. The van der Waals surface area contributed by atoms with E-state index in [2.05, 4.69) is 10.6 Å². The highest BCUT2D eigenvalue weighted by Crippen LogP contribution is 2.18. The molecule has 0 saturated heterocycles. The predicted octanol–water partition coefficient (Wildman–Crippen LogP) is 4.28. The van der Waals surface area contributed by atoms with E-state index in [1.54, 1.807) is 61.5 Å². The molecule has 0 aliphatic heterocycles. The van der Waals surface area contributed by atoms with Gasteiger partial charge in [0.1, 0.15) is 11.4 Å². The van der Waals surface area contributed by atoms with Crippen molar-refractivity contribution < 1.29 is 23.9 Å². The van der Waals surface area contributed by atoms with Crippen LogP contribution in [0.2, 0.25) is 0 Å². The Bertz CT molecular complexity index is 1150. The van der Waals surface area contributed by atoms with Crippen molar-refractivity contribution in [3.8, 4) is 5.75 Å². The predicted molar refractivity (Wildman–Crippen MR) is 126 cm³/mol. The lowest BCUT2D eigenvalue weighted by Gasteiger charge is -2.13. The Kier molecular flexibility index (Phi) is 7.96. The average molecular weight is 444 g/mol. The summed E-state index contributed by atoms with van der Waals surface area (Å²) in [5, 5.41) is 5.42. The zero-order valence-electron chi connectivity index (χ0n) is 18.3. The molecule has 0 bridgehead atoms. The highest BCUT2D eigenvalue weighted by atomic mass is 16.5. The number of anilines is 1. The highest BCUT2D eigenvalue weighted by molar-refractivity contribution is 6.11. The lowest BCUT2D eigenvalue weighted by molar-refractivity contribution is -0.113. The SMILES string of the molecule is CCOC(=O)c1ccc(NC(=O)C(=Cc2ccccc2)NC(=O)c2ccccc2OC)cc1. The first kappa shape index (κ1) is 23.3. The number of hydrogen-bond acceptors (Lipinski definition) is 5. The van der Waals surface area contributed by atoms with Gasteiger partial charge in [0.25, 0.3) is 11.8 Å². The second-order valence-electron chi connectivity index (χ2n) is 6.88. The number of esters is 1. The van der Waals surface area contributed by atoms with E-state index in [9.17, 15) is 14.4 Å². The van der Waals surface area contributed by atoms with Crippen LogP contribution >= 0.6 is 0 Å². The van der Waals surface area contributed by atoms with Crippen LogP contribution in [-0.4, -0.2) is 31.5 Å². The van der Waals surface area contributed by atoms with Gasteiger partial charge in [0.05, 0.1) is 24.8 Å². The summed E-state index contributed by atoms with van der Waals surface area (Å²) in [6.45, 7) is 2.00. The lowest BCUT2D eigenvalue weighted by Crippen LogP contribution is -2.31. The molecule has 0 atom stereocenters. The van der Waals surface area contributed by atoms with Gasteiger partial charge in [-0.3, -0.25) is 9.59 Å². The van der Waals surface area contributed by atoms with Gasteiger partial charge in [0, 0.05) is 5.69 Å². The van der Waals surface area contributed by atoms with Crippen molar-refractivity contribution in [3.63, 3.8) is 0 Å². The number of ether oxygens (including phenoxy) is 2. The molecule has 0 heterocycles. The first-order chi connectivity index (χ1) is 16.0. The molecule has 168 valence electrons. The molecular weight excluding hydrogens is 420 g/mol. The molecular formula is C26H24N2O5. The highest BCUT2D eigenvalue weighted by Gasteiger charge is 2.18. The summed E-state index contributed by atoms with van der Waals surface area (Å²) in [6, 6.07) is 22.2. The molecule has 7 nitrogen and oxygen atoms in total. The fourth-order valence-electron chi connectivity index (χ4n) is 3.00. The zero-order valence-corrected chi connectivity index (χ0v) is 18.3. The number of hydrogen-bond donors (Lipinski definition) is 2. The molecule has 0 aliphatic rings. The first-order valence-corrected chi connectivity index (χ1v) is 10.3. The van der Waals surface area contributed by atoms with Gasteiger partial charge < -0.3 is 20.1 Å². The maximum absolute atomic E-state index is 13.0. The molecule has 2 amide bonds. The Morgan fingerprint density at radius 2 is 1.55 bits per heavy atom. The summed E-state index contributed by atoms with van der Waals surface area (Å²) in [6.07, 6.45) is 1.58. The van der Waals surface area contributed by atoms with Crippen LogP contribution in [0.25, 0.3) is 6.08 Å². The van der Waals surface area contributed by atoms with Crippen molar-refractivity contribution in [1.82, 2.24) is 5.32 Å². The molecule has 3 rings (SSSR count). The molecule has 0 saturated carbocycles. The number of benzene rings is 3. The van der Waals surface area contributed by atoms with E-state index in [1.165, 1.54) is 7.11 Å². The minimum Gasteiger partial charge on any atom is -0.496 e. The largest absolute Gasteiger partial charge is 0.496 e. The van der Waals surface area contributed by atoms with Gasteiger partial charge in [0.2, 0.25) is 0 Å². The number of carbonyl (C=O) groups excluding carboxylic acids is 3. The number of rotatable bonds is 8. The normalized spacial score (nSPS) is 10.8. The summed E-state index contributed by atoms with van der Waals surface area (Å²) in [5.41, 5.74) is 1.91. The van der Waals surface area contributed by atoms with E-state index in [1.807, 2.05) is 30.3 Å². The topological polar surface area (TPSA) is 93.7 Å². The van der Waals surface area contributed by atoms with Crippen molar-refractivity contribution >= 4 is 29.5 Å². The van der Waals surface area contributed by atoms with Gasteiger partial charge >= 0.3 is 5.97 Å². The first-order valence-electron chi connectivity index (χ1n) is 10.3. The number of methoxy groups -OCH3 is 1. The molecule has 0 aliphatic carbocycles. The number of carbonyl (C=O) groups is 3. The molecule has 3 aromatic rings. The van der Waals surface area contributed by atoms with Crippen molar-refractivity contribution in [2.45, 2.75) is 6.92 Å². The van der Waals surface area contributed by atoms with Crippen LogP contribution < -0.4 is 15.4 Å². The van der Waals surface area contributed by atoms with E-state index in [0.717, 1.165) is 5.56 Å². The molecule has 0 unspecified atom stereocenters. The average Bonchev–Trinajstić information content (AvgIpc) is 2.84. The van der Waals surface area contributed by atoms with Crippen LogP contribution in [0.3, 0.4) is 0 Å². The van der Waals surface area contributed by atoms with E-state index in [-0.39, 0.29) is 12.3 Å². The summed E-state index contributed by atoms with van der Waals surface area (Å²) in [4.78, 5) is 37.8. The van der Waals surface area contributed by atoms with Crippen LogP contribution in [0, 0.1) is 0 Å². The van der Waals surface area contributed by atoms with Gasteiger partial charge in [0.15, 0.2) is 0 Å². The molecule has 0 fully saturated rings. The van der Waals surface area contributed by atoms with Crippen molar-refractivity contribution in [1.29, 1.82) is 0 Å². The summed E-state index contributed by atoms with van der Waals surface area (Å²) < 4.78 is 10.2. The van der Waals surface area contributed by atoms with E-state index in [4.69, 9.17) is 9.47 Å². The molecule has 33 heavy (non-hydrogen) atoms.